The van der Waals surface area contributed by atoms with Crippen LogP contribution in [0.25, 0.3) is 15.8 Å². The molecule has 100 valence electrons. The number of hydrogen-bond donors (Lipinski definition) is 0. The third-order valence-electron chi connectivity index (χ3n) is 3.04. The summed E-state index contributed by atoms with van der Waals surface area (Å²) in [5.74, 6) is 0. The van der Waals surface area contributed by atoms with Gasteiger partial charge in [0.05, 0.1) is 10.2 Å². The summed E-state index contributed by atoms with van der Waals surface area (Å²) in [5, 5.41) is 1.19. The second-order valence-corrected chi connectivity index (χ2v) is 6.32. The van der Waals surface area contributed by atoms with Crippen LogP contribution in [0, 0.1) is 0 Å². The number of carbonyl (C=O) groups is 1. The average Bonchev–Trinajstić information content (AvgIpc) is 2.84. The minimum atomic E-state index is 1.04. The normalized spacial score (nSPS) is 15.8. The average molecular weight is 339 g/mol. The first-order valence-electron chi connectivity index (χ1n) is 5.95. The van der Waals surface area contributed by atoms with Crippen LogP contribution in [0.1, 0.15) is 11.4 Å². The highest BCUT2D eigenvalue weighted by atomic mass is 79.9. The van der Waals surface area contributed by atoms with Gasteiger partial charge in [0.25, 0.3) is 0 Å². The van der Waals surface area contributed by atoms with Crippen molar-refractivity contribution in [2.45, 2.75) is 6.42 Å². The number of aromatic nitrogens is 1. The standard InChI is InChI=1S/C13H13BrN2S.CH2O/c1-16-6-4-9(5-7-16)13-15-11-8-10(14)2-3-12(11)17-13;1-2/h2-4,8H,5-7H2,1H3;1H2. The van der Waals surface area contributed by atoms with Gasteiger partial charge in [0.2, 0.25) is 0 Å². The van der Waals surface area contributed by atoms with Crippen LogP contribution in [0.15, 0.2) is 28.7 Å². The lowest BCUT2D eigenvalue weighted by molar-refractivity contribution is -0.0979. The Morgan fingerprint density at radius 2 is 2.21 bits per heavy atom. The van der Waals surface area contributed by atoms with Gasteiger partial charge < -0.3 is 9.69 Å². The van der Waals surface area contributed by atoms with Gasteiger partial charge in [-0.05, 0) is 37.2 Å². The van der Waals surface area contributed by atoms with E-state index in [0.29, 0.717) is 0 Å². The maximum Gasteiger partial charge on any atom is 0.120 e. The van der Waals surface area contributed by atoms with E-state index in [1.165, 1.54) is 15.3 Å². The van der Waals surface area contributed by atoms with Crippen molar-refractivity contribution in [3.8, 4) is 0 Å². The summed E-state index contributed by atoms with van der Waals surface area (Å²) in [6.45, 7) is 4.17. The molecule has 0 bridgehead atoms. The molecule has 0 N–H and O–H groups in total. The molecule has 0 atom stereocenters. The van der Waals surface area contributed by atoms with E-state index in [9.17, 15) is 0 Å². The van der Waals surface area contributed by atoms with E-state index in [-0.39, 0.29) is 0 Å². The van der Waals surface area contributed by atoms with Gasteiger partial charge in [0, 0.05) is 17.6 Å². The Balaban J connectivity index is 0.000000637. The molecule has 3 nitrogen and oxygen atoms in total. The van der Waals surface area contributed by atoms with Gasteiger partial charge in [0.1, 0.15) is 11.8 Å². The van der Waals surface area contributed by atoms with E-state index in [1.54, 1.807) is 11.3 Å². The summed E-state index contributed by atoms with van der Waals surface area (Å²) in [6.07, 6.45) is 3.41. The van der Waals surface area contributed by atoms with Crippen molar-refractivity contribution in [3.05, 3.63) is 33.8 Å². The van der Waals surface area contributed by atoms with Crippen molar-refractivity contribution in [1.29, 1.82) is 0 Å². The van der Waals surface area contributed by atoms with Crippen LogP contribution >= 0.6 is 27.3 Å². The van der Waals surface area contributed by atoms with Gasteiger partial charge >= 0.3 is 0 Å². The molecule has 0 spiro atoms. The molecule has 0 amide bonds. The molecule has 0 saturated carbocycles. The predicted octanol–water partition coefficient (Wildman–Crippen LogP) is 3.59. The first-order chi connectivity index (χ1) is 9.22. The molecule has 0 aliphatic carbocycles. The van der Waals surface area contributed by atoms with E-state index < -0.39 is 0 Å². The Kier molecular flexibility index (Phi) is 4.85. The highest BCUT2D eigenvalue weighted by Gasteiger charge is 2.13. The highest BCUT2D eigenvalue weighted by molar-refractivity contribution is 9.10. The largest absolute Gasteiger partial charge is 0.307 e. The van der Waals surface area contributed by atoms with Crippen LogP contribution in [0.5, 0.6) is 0 Å². The van der Waals surface area contributed by atoms with Crippen molar-refractivity contribution in [1.82, 2.24) is 9.88 Å². The second-order valence-electron chi connectivity index (χ2n) is 4.37. The zero-order valence-corrected chi connectivity index (χ0v) is 13.1. The zero-order chi connectivity index (χ0) is 13.8. The van der Waals surface area contributed by atoms with E-state index in [4.69, 9.17) is 9.78 Å². The van der Waals surface area contributed by atoms with E-state index in [0.717, 1.165) is 29.5 Å². The number of rotatable bonds is 1. The van der Waals surface area contributed by atoms with Crippen molar-refractivity contribution in [3.63, 3.8) is 0 Å². The number of nitrogens with zero attached hydrogens (tertiary/aromatic N) is 2. The third kappa shape index (κ3) is 3.29. The van der Waals surface area contributed by atoms with E-state index >= 15 is 0 Å². The Hall–Kier alpha value is -1.04. The fraction of sp³-hybridized carbons (Fsp3) is 0.286. The predicted molar refractivity (Wildman–Crippen MR) is 84.5 cm³/mol. The quantitative estimate of drug-likeness (QED) is 0.796. The van der Waals surface area contributed by atoms with Crippen LogP contribution in [0.4, 0.5) is 0 Å². The van der Waals surface area contributed by atoms with Gasteiger partial charge in [-0.3, -0.25) is 0 Å². The number of likely N-dealkylation sites (N-methyl/N-ethyl adjacent to an activating group) is 1. The fourth-order valence-corrected chi connectivity index (χ4v) is 3.37. The summed E-state index contributed by atoms with van der Waals surface area (Å²) in [4.78, 5) is 15.1. The molecule has 2 heterocycles. The smallest absolute Gasteiger partial charge is 0.120 e. The van der Waals surface area contributed by atoms with Crippen molar-refractivity contribution >= 4 is 49.8 Å². The van der Waals surface area contributed by atoms with Crippen LogP contribution in [-0.4, -0.2) is 36.8 Å². The van der Waals surface area contributed by atoms with Crippen molar-refractivity contribution < 1.29 is 4.79 Å². The fourth-order valence-electron chi connectivity index (χ4n) is 2.00. The van der Waals surface area contributed by atoms with Crippen LogP contribution in [0.3, 0.4) is 0 Å². The molecule has 1 aromatic carbocycles. The van der Waals surface area contributed by atoms with Gasteiger partial charge in [0.15, 0.2) is 0 Å². The molecular weight excluding hydrogens is 324 g/mol. The Bertz CT molecular complexity index is 609. The molecule has 2 aromatic rings. The summed E-state index contributed by atoms with van der Waals surface area (Å²) < 4.78 is 2.36. The molecule has 0 unspecified atom stereocenters. The molecule has 1 aliphatic rings. The number of thiazole rings is 1. The number of carbonyl (C=O) groups excluding carboxylic acids is 1. The maximum absolute atomic E-state index is 8.00. The van der Waals surface area contributed by atoms with Crippen molar-refractivity contribution in [2.24, 2.45) is 0 Å². The molecule has 5 heteroatoms. The molecule has 3 rings (SSSR count). The lowest BCUT2D eigenvalue weighted by Gasteiger charge is -2.20. The monoisotopic (exact) mass is 338 g/mol. The van der Waals surface area contributed by atoms with Gasteiger partial charge in [-0.25, -0.2) is 4.98 Å². The lowest BCUT2D eigenvalue weighted by Crippen LogP contribution is -2.23. The molecule has 1 aliphatic heterocycles. The molecule has 1 aromatic heterocycles. The first kappa shape index (κ1) is 14.4. The minimum absolute atomic E-state index is 1.04. The summed E-state index contributed by atoms with van der Waals surface area (Å²) >= 11 is 5.28. The molecule has 0 radical (unpaired) electrons. The first-order valence-corrected chi connectivity index (χ1v) is 7.56. The van der Waals surface area contributed by atoms with E-state index in [2.05, 4.69) is 52.2 Å². The van der Waals surface area contributed by atoms with E-state index in [1.807, 2.05) is 6.79 Å². The Morgan fingerprint density at radius 3 is 2.89 bits per heavy atom. The third-order valence-corrected chi connectivity index (χ3v) is 4.64. The number of hydrogen-bond acceptors (Lipinski definition) is 4. The SMILES string of the molecule is C=O.CN1CC=C(c2nc3cc(Br)ccc3s2)CC1. The molecule has 0 fully saturated rings. The summed E-state index contributed by atoms with van der Waals surface area (Å²) in [6, 6.07) is 6.30. The summed E-state index contributed by atoms with van der Waals surface area (Å²) in [7, 11) is 2.16. The molecule has 19 heavy (non-hydrogen) atoms. The summed E-state index contributed by atoms with van der Waals surface area (Å²) in [5.41, 5.74) is 2.50. The van der Waals surface area contributed by atoms with Gasteiger partial charge in [-0.1, -0.05) is 22.0 Å². The highest BCUT2D eigenvalue weighted by Crippen LogP contribution is 2.31. The topological polar surface area (TPSA) is 33.2 Å². The maximum atomic E-state index is 8.00. The zero-order valence-electron chi connectivity index (χ0n) is 10.7. The van der Waals surface area contributed by atoms with Gasteiger partial charge in [-0.2, -0.15) is 0 Å². The molecular formula is C14H15BrN2OS. The number of fused-ring (bicyclic) bond motifs is 1. The van der Waals surface area contributed by atoms with Crippen LogP contribution in [0.2, 0.25) is 0 Å². The van der Waals surface area contributed by atoms with Crippen molar-refractivity contribution in [2.75, 3.05) is 20.1 Å². The minimum Gasteiger partial charge on any atom is -0.307 e. The second kappa shape index (κ2) is 6.41. The van der Waals surface area contributed by atoms with Gasteiger partial charge in [-0.15, -0.1) is 11.3 Å². The number of halogens is 1. The molecule has 0 saturated heterocycles. The Morgan fingerprint density at radius 1 is 1.42 bits per heavy atom. The van der Waals surface area contributed by atoms with Crippen LogP contribution in [-0.2, 0) is 4.79 Å². The number of benzene rings is 1. The lowest BCUT2D eigenvalue weighted by atomic mass is 10.1. The van der Waals surface area contributed by atoms with Crippen LogP contribution < -0.4 is 0 Å². The Labute approximate surface area is 125 Å².